The van der Waals surface area contributed by atoms with E-state index in [1.807, 2.05) is 50.2 Å². The van der Waals surface area contributed by atoms with Crippen molar-refractivity contribution in [3.05, 3.63) is 46.7 Å². The van der Waals surface area contributed by atoms with E-state index < -0.39 is 0 Å². The van der Waals surface area contributed by atoms with E-state index in [9.17, 15) is 0 Å². The summed E-state index contributed by atoms with van der Waals surface area (Å²) in [4.78, 5) is 4.39. The summed E-state index contributed by atoms with van der Waals surface area (Å²) in [7, 11) is 0. The molecule has 0 saturated carbocycles. The number of benzene rings is 1. The molecule has 1 heterocycles. The summed E-state index contributed by atoms with van der Waals surface area (Å²) in [5, 5.41) is 3.34. The van der Waals surface area contributed by atoms with Gasteiger partial charge < -0.3 is 14.8 Å². The van der Waals surface area contributed by atoms with Crippen molar-refractivity contribution in [3.63, 3.8) is 0 Å². The molecule has 2 aromatic rings. The molecule has 0 aliphatic rings. The molecule has 1 aromatic heterocycles. The molecule has 5 heteroatoms. The summed E-state index contributed by atoms with van der Waals surface area (Å²) in [6.45, 7) is 5.80. The van der Waals surface area contributed by atoms with Crippen molar-refractivity contribution in [1.82, 2.24) is 4.98 Å². The fraction of sp³-hybridized carbons (Fsp3) is 0.312. The van der Waals surface area contributed by atoms with Gasteiger partial charge in [-0.2, -0.15) is 0 Å². The second kappa shape index (κ2) is 7.88. The first kappa shape index (κ1) is 15.6. The molecule has 0 bridgehead atoms. The van der Waals surface area contributed by atoms with Crippen LogP contribution in [0.1, 0.15) is 19.5 Å². The number of anilines is 1. The van der Waals surface area contributed by atoms with Crippen molar-refractivity contribution in [2.24, 2.45) is 0 Å². The lowest BCUT2D eigenvalue weighted by atomic mass is 10.2. The molecule has 0 atom stereocenters. The van der Waals surface area contributed by atoms with Crippen LogP contribution in [0, 0.1) is 0 Å². The lowest BCUT2D eigenvalue weighted by molar-refractivity contribution is 0.288. The maximum absolute atomic E-state index is 5.61. The number of hydrogen-bond acceptors (Lipinski definition) is 4. The Morgan fingerprint density at radius 3 is 2.52 bits per heavy atom. The molecule has 0 amide bonds. The van der Waals surface area contributed by atoms with Gasteiger partial charge in [0.1, 0.15) is 4.60 Å². The minimum Gasteiger partial charge on any atom is -0.490 e. The van der Waals surface area contributed by atoms with Crippen LogP contribution in [0.2, 0.25) is 0 Å². The van der Waals surface area contributed by atoms with E-state index in [1.54, 1.807) is 0 Å². The molecule has 0 unspecified atom stereocenters. The van der Waals surface area contributed by atoms with Gasteiger partial charge in [-0.05, 0) is 54.0 Å². The smallest absolute Gasteiger partial charge is 0.163 e. The van der Waals surface area contributed by atoms with Gasteiger partial charge >= 0.3 is 0 Å². The molecular weight excluding hydrogens is 332 g/mol. The Morgan fingerprint density at radius 2 is 1.81 bits per heavy atom. The monoisotopic (exact) mass is 350 g/mol. The van der Waals surface area contributed by atoms with Crippen LogP contribution >= 0.6 is 15.9 Å². The first-order valence-corrected chi connectivity index (χ1v) is 7.77. The Balaban J connectivity index is 2.07. The molecule has 0 saturated heterocycles. The highest BCUT2D eigenvalue weighted by Crippen LogP contribution is 2.30. The van der Waals surface area contributed by atoms with Gasteiger partial charge in [-0.3, -0.25) is 0 Å². The molecule has 0 spiro atoms. The topological polar surface area (TPSA) is 43.4 Å². The zero-order valence-corrected chi connectivity index (χ0v) is 13.8. The summed E-state index contributed by atoms with van der Waals surface area (Å²) in [6, 6.07) is 11.7. The van der Waals surface area contributed by atoms with Crippen LogP contribution in [-0.2, 0) is 6.54 Å². The zero-order valence-electron chi connectivity index (χ0n) is 12.2. The number of halogens is 1. The van der Waals surface area contributed by atoms with Crippen molar-refractivity contribution in [2.45, 2.75) is 20.4 Å². The fourth-order valence-corrected chi connectivity index (χ4v) is 2.28. The molecule has 112 valence electrons. The summed E-state index contributed by atoms with van der Waals surface area (Å²) in [5.41, 5.74) is 1.94. The van der Waals surface area contributed by atoms with E-state index in [2.05, 4.69) is 26.2 Å². The van der Waals surface area contributed by atoms with Gasteiger partial charge in [0, 0.05) is 11.8 Å². The first-order chi connectivity index (χ1) is 10.2. The molecule has 0 aliphatic carbocycles. The summed E-state index contributed by atoms with van der Waals surface area (Å²) in [5.74, 6) is 1.53. The molecule has 0 aliphatic heterocycles. The van der Waals surface area contributed by atoms with E-state index in [0.717, 1.165) is 27.5 Å². The fourth-order valence-electron chi connectivity index (χ4n) is 1.90. The minimum absolute atomic E-state index is 0.608. The second-order valence-corrected chi connectivity index (χ2v) is 5.15. The highest BCUT2D eigenvalue weighted by atomic mass is 79.9. The Kier molecular flexibility index (Phi) is 5.87. The van der Waals surface area contributed by atoms with Crippen LogP contribution < -0.4 is 14.8 Å². The molecule has 1 N–H and O–H groups in total. The third-order valence-electron chi connectivity index (χ3n) is 2.79. The van der Waals surface area contributed by atoms with E-state index in [1.165, 1.54) is 0 Å². The number of ether oxygens (including phenoxy) is 2. The minimum atomic E-state index is 0.608. The molecule has 2 rings (SSSR count). The predicted octanol–water partition coefficient (Wildman–Crippen LogP) is 4.25. The number of nitrogens with one attached hydrogen (secondary N) is 1. The molecular formula is C16H19BrN2O2. The van der Waals surface area contributed by atoms with E-state index in [4.69, 9.17) is 9.47 Å². The van der Waals surface area contributed by atoms with E-state index in [0.29, 0.717) is 19.8 Å². The highest BCUT2D eigenvalue weighted by molar-refractivity contribution is 9.10. The summed E-state index contributed by atoms with van der Waals surface area (Å²) in [6.07, 6.45) is 0. The van der Waals surface area contributed by atoms with Crippen LogP contribution in [0.15, 0.2) is 41.0 Å². The van der Waals surface area contributed by atoms with Gasteiger partial charge in [-0.15, -0.1) is 0 Å². The van der Waals surface area contributed by atoms with Gasteiger partial charge in [0.05, 0.1) is 25.5 Å². The SMILES string of the molecule is CCOc1ccc(NCc2cccc(Br)n2)cc1OCC. The Morgan fingerprint density at radius 1 is 1.05 bits per heavy atom. The van der Waals surface area contributed by atoms with Gasteiger partial charge in [0.2, 0.25) is 0 Å². The Hall–Kier alpha value is -1.75. The maximum Gasteiger partial charge on any atom is 0.163 e. The normalized spacial score (nSPS) is 10.2. The van der Waals surface area contributed by atoms with Gasteiger partial charge in [0.15, 0.2) is 11.5 Å². The van der Waals surface area contributed by atoms with Crippen LogP contribution in [0.3, 0.4) is 0 Å². The summed E-state index contributed by atoms with van der Waals surface area (Å²) < 4.78 is 12.0. The van der Waals surface area contributed by atoms with Gasteiger partial charge in [-0.25, -0.2) is 4.98 Å². The number of pyridine rings is 1. The maximum atomic E-state index is 5.61. The van der Waals surface area contributed by atoms with Crippen LogP contribution in [0.5, 0.6) is 11.5 Å². The van der Waals surface area contributed by atoms with Crippen molar-refractivity contribution < 1.29 is 9.47 Å². The average molecular weight is 351 g/mol. The van der Waals surface area contributed by atoms with Crippen LogP contribution in [0.4, 0.5) is 5.69 Å². The lowest BCUT2D eigenvalue weighted by Crippen LogP contribution is -2.03. The van der Waals surface area contributed by atoms with Crippen molar-refractivity contribution in [3.8, 4) is 11.5 Å². The van der Waals surface area contributed by atoms with Gasteiger partial charge in [-0.1, -0.05) is 6.07 Å². The number of aromatic nitrogens is 1. The first-order valence-electron chi connectivity index (χ1n) is 6.98. The lowest BCUT2D eigenvalue weighted by Gasteiger charge is -2.13. The third kappa shape index (κ3) is 4.63. The van der Waals surface area contributed by atoms with E-state index in [-0.39, 0.29) is 0 Å². The molecule has 0 fully saturated rings. The number of hydrogen-bond donors (Lipinski definition) is 1. The quantitative estimate of drug-likeness (QED) is 0.758. The highest BCUT2D eigenvalue weighted by Gasteiger charge is 2.06. The van der Waals surface area contributed by atoms with Crippen LogP contribution in [-0.4, -0.2) is 18.2 Å². The number of nitrogens with zero attached hydrogens (tertiary/aromatic N) is 1. The van der Waals surface area contributed by atoms with E-state index >= 15 is 0 Å². The largest absolute Gasteiger partial charge is 0.490 e. The van der Waals surface area contributed by atoms with Gasteiger partial charge in [0.25, 0.3) is 0 Å². The van der Waals surface area contributed by atoms with Crippen LogP contribution in [0.25, 0.3) is 0 Å². The molecule has 1 aromatic carbocycles. The standard InChI is InChI=1S/C16H19BrN2O2/c1-3-20-14-9-8-12(10-15(14)21-4-2)18-11-13-6-5-7-16(17)19-13/h5-10,18H,3-4,11H2,1-2H3. The molecule has 21 heavy (non-hydrogen) atoms. The number of rotatable bonds is 7. The summed E-state index contributed by atoms with van der Waals surface area (Å²) >= 11 is 3.37. The van der Waals surface area contributed by atoms with Crippen molar-refractivity contribution in [2.75, 3.05) is 18.5 Å². The van der Waals surface area contributed by atoms with Crippen molar-refractivity contribution >= 4 is 21.6 Å². The van der Waals surface area contributed by atoms with Crippen molar-refractivity contribution in [1.29, 1.82) is 0 Å². The Bertz CT molecular complexity index is 590. The average Bonchev–Trinajstić information content (AvgIpc) is 2.48. The molecule has 4 nitrogen and oxygen atoms in total. The predicted molar refractivity (Wildman–Crippen MR) is 88.0 cm³/mol. The zero-order chi connectivity index (χ0) is 15.1. The second-order valence-electron chi connectivity index (χ2n) is 4.33. The molecule has 0 radical (unpaired) electrons. The Labute approximate surface area is 133 Å². The third-order valence-corrected chi connectivity index (χ3v) is 3.23.